The Morgan fingerprint density at radius 3 is 2.37 bits per heavy atom. The first kappa shape index (κ1) is 20.6. The lowest BCUT2D eigenvalue weighted by Crippen LogP contribution is -2.29. The van der Waals surface area contributed by atoms with Crippen LogP contribution < -0.4 is 15.6 Å². The number of ether oxygens (including phenoxy) is 1. The minimum Gasteiger partial charge on any atom is -0.404 e. The number of alkyl halides is 6. The summed E-state index contributed by atoms with van der Waals surface area (Å²) in [5.41, 5.74) is -2.72. The van der Waals surface area contributed by atoms with E-state index >= 15 is 0 Å². The first-order valence-electron chi connectivity index (χ1n) is 6.98. The number of nitrogens with one attached hydrogen (secondary N) is 1. The predicted octanol–water partition coefficient (Wildman–Crippen LogP) is 4.06. The van der Waals surface area contributed by atoms with Gasteiger partial charge in [0, 0.05) is 6.20 Å². The van der Waals surface area contributed by atoms with Crippen LogP contribution in [0.3, 0.4) is 0 Å². The van der Waals surface area contributed by atoms with Gasteiger partial charge in [0.1, 0.15) is 11.6 Å². The Kier molecular flexibility index (Phi) is 5.73. The molecule has 2 rings (SSSR count). The smallest absolute Gasteiger partial charge is 0.404 e. The highest BCUT2D eigenvalue weighted by Gasteiger charge is 2.33. The highest BCUT2D eigenvalue weighted by atomic mass is 35.5. The third-order valence-electron chi connectivity index (χ3n) is 3.07. The summed E-state index contributed by atoms with van der Waals surface area (Å²) in [4.78, 5) is 23.8. The number of halogens is 7. The number of hydrogen-bond donors (Lipinski definition) is 1. The van der Waals surface area contributed by atoms with Gasteiger partial charge in [-0.1, -0.05) is 23.7 Å². The van der Waals surface area contributed by atoms with Crippen LogP contribution in [-0.4, -0.2) is 16.8 Å². The minimum atomic E-state index is -5.02. The van der Waals surface area contributed by atoms with Crippen LogP contribution in [0, 0.1) is 0 Å². The number of amides is 1. The molecule has 146 valence electrons. The van der Waals surface area contributed by atoms with Gasteiger partial charge in [-0.25, -0.2) is 0 Å². The van der Waals surface area contributed by atoms with Crippen molar-refractivity contribution in [1.82, 2.24) is 4.57 Å². The molecular weight excluding hydrogens is 406 g/mol. The molecule has 0 unspecified atom stereocenters. The van der Waals surface area contributed by atoms with E-state index in [9.17, 15) is 35.9 Å². The molecule has 0 saturated heterocycles. The molecule has 12 heteroatoms. The third-order valence-corrected chi connectivity index (χ3v) is 3.34. The molecule has 0 radical (unpaired) electrons. The van der Waals surface area contributed by atoms with Crippen LogP contribution in [0.25, 0.3) is 0 Å². The van der Waals surface area contributed by atoms with Gasteiger partial charge in [0.25, 0.3) is 5.56 Å². The zero-order valence-corrected chi connectivity index (χ0v) is 13.7. The monoisotopic (exact) mass is 414 g/mol. The van der Waals surface area contributed by atoms with Crippen molar-refractivity contribution < 1.29 is 35.9 Å². The quantitative estimate of drug-likeness (QED) is 0.768. The highest BCUT2D eigenvalue weighted by Crippen LogP contribution is 2.31. The van der Waals surface area contributed by atoms with E-state index in [1.54, 1.807) is 0 Å². The molecule has 0 spiro atoms. The number of hydrogen-bond acceptors (Lipinski definition) is 3. The molecule has 1 aromatic heterocycles. The summed E-state index contributed by atoms with van der Waals surface area (Å²) in [5, 5.41) is 1.27. The van der Waals surface area contributed by atoms with Gasteiger partial charge in [0.15, 0.2) is 5.75 Å². The topological polar surface area (TPSA) is 60.3 Å². The van der Waals surface area contributed by atoms with E-state index in [1.165, 1.54) is 12.1 Å². The number of pyridine rings is 1. The van der Waals surface area contributed by atoms with Gasteiger partial charge in [-0.05, 0) is 18.2 Å². The van der Waals surface area contributed by atoms with E-state index in [0.717, 1.165) is 12.1 Å². The Labute approximate surface area is 152 Å². The maximum atomic E-state index is 12.8. The number of benzene rings is 1. The molecule has 1 N–H and O–H groups in total. The van der Waals surface area contributed by atoms with E-state index in [2.05, 4.69) is 4.74 Å². The summed E-state index contributed by atoms with van der Waals surface area (Å²) in [7, 11) is 0. The van der Waals surface area contributed by atoms with E-state index < -0.39 is 46.9 Å². The maximum Gasteiger partial charge on any atom is 0.573 e. The average Bonchev–Trinajstić information content (AvgIpc) is 2.51. The predicted molar refractivity (Wildman–Crippen MR) is 82.5 cm³/mol. The number of rotatable bonds is 4. The number of para-hydroxylation sites is 2. The molecule has 0 atom stereocenters. The summed E-state index contributed by atoms with van der Waals surface area (Å²) in [6.07, 6.45) is -9.46. The van der Waals surface area contributed by atoms with Gasteiger partial charge in [0.2, 0.25) is 5.91 Å². The van der Waals surface area contributed by atoms with Crippen molar-refractivity contribution in [3.63, 3.8) is 0 Å². The largest absolute Gasteiger partial charge is 0.573 e. The van der Waals surface area contributed by atoms with Gasteiger partial charge in [-0.15, -0.1) is 13.2 Å². The first-order chi connectivity index (χ1) is 12.4. The van der Waals surface area contributed by atoms with Crippen molar-refractivity contribution >= 4 is 23.2 Å². The van der Waals surface area contributed by atoms with Gasteiger partial charge < -0.3 is 14.6 Å². The van der Waals surface area contributed by atoms with Gasteiger partial charge in [-0.2, -0.15) is 13.2 Å². The zero-order chi connectivity index (χ0) is 20.4. The molecule has 2 aromatic rings. The fraction of sp³-hybridized carbons (Fsp3) is 0.200. The number of carbonyl (C=O) groups excluding carboxylic acids is 1. The number of aromatic nitrogens is 1. The minimum absolute atomic E-state index is 0.381. The standard InChI is InChI=1S/C15H9ClF6N2O3/c16-9-5-8(14(17,18)19)6-24(13(9)26)7-12(25)23-10-3-1-2-4-11(10)27-15(20,21)22/h1-6H,7H2,(H,23,25). The van der Waals surface area contributed by atoms with Crippen molar-refractivity contribution in [3.05, 3.63) is 57.5 Å². The molecule has 0 bridgehead atoms. The van der Waals surface area contributed by atoms with Crippen LogP contribution in [0.2, 0.25) is 5.02 Å². The first-order valence-corrected chi connectivity index (χ1v) is 7.36. The maximum absolute atomic E-state index is 12.8. The molecule has 0 saturated carbocycles. The van der Waals surface area contributed by atoms with Crippen LogP contribution in [-0.2, 0) is 17.5 Å². The summed E-state index contributed by atoms with van der Waals surface area (Å²) in [5.74, 6) is -1.79. The summed E-state index contributed by atoms with van der Waals surface area (Å²) >= 11 is 5.46. The Morgan fingerprint density at radius 1 is 1.15 bits per heavy atom. The second-order valence-electron chi connectivity index (χ2n) is 5.10. The molecule has 1 aromatic carbocycles. The van der Waals surface area contributed by atoms with E-state index in [-0.39, 0.29) is 5.69 Å². The number of nitrogens with zero attached hydrogens (tertiary/aromatic N) is 1. The van der Waals surface area contributed by atoms with Crippen LogP contribution in [0.1, 0.15) is 5.56 Å². The average molecular weight is 415 g/mol. The van der Waals surface area contributed by atoms with Gasteiger partial charge >= 0.3 is 12.5 Å². The molecule has 0 aliphatic heterocycles. The van der Waals surface area contributed by atoms with Crippen molar-refractivity contribution in [2.45, 2.75) is 19.1 Å². The van der Waals surface area contributed by atoms with E-state index in [4.69, 9.17) is 11.6 Å². The van der Waals surface area contributed by atoms with Gasteiger partial charge in [-0.3, -0.25) is 9.59 Å². The van der Waals surface area contributed by atoms with Crippen LogP contribution in [0.5, 0.6) is 5.75 Å². The number of anilines is 1. The molecule has 0 aliphatic carbocycles. The summed E-state index contributed by atoms with van der Waals surface area (Å²) < 4.78 is 79.5. The van der Waals surface area contributed by atoms with Crippen LogP contribution in [0.15, 0.2) is 41.3 Å². The molecule has 0 aliphatic rings. The fourth-order valence-corrected chi connectivity index (χ4v) is 2.23. The van der Waals surface area contributed by atoms with Crippen LogP contribution in [0.4, 0.5) is 32.0 Å². The normalized spacial score (nSPS) is 12.0. The lowest BCUT2D eigenvalue weighted by molar-refractivity contribution is -0.274. The molecule has 1 heterocycles. The Morgan fingerprint density at radius 2 is 1.78 bits per heavy atom. The van der Waals surface area contributed by atoms with Crippen molar-refractivity contribution in [1.29, 1.82) is 0 Å². The van der Waals surface area contributed by atoms with Crippen molar-refractivity contribution in [3.8, 4) is 5.75 Å². The summed E-state index contributed by atoms with van der Waals surface area (Å²) in [6, 6.07) is 4.93. The Hall–Kier alpha value is -2.69. The lowest BCUT2D eigenvalue weighted by atomic mass is 10.2. The Balaban J connectivity index is 2.25. The zero-order valence-electron chi connectivity index (χ0n) is 13.0. The SMILES string of the molecule is O=C(Cn1cc(C(F)(F)F)cc(Cl)c1=O)Nc1ccccc1OC(F)(F)F. The van der Waals surface area contributed by atoms with E-state index in [1.807, 2.05) is 5.32 Å². The molecule has 5 nitrogen and oxygen atoms in total. The van der Waals surface area contributed by atoms with Gasteiger partial charge in [0.05, 0.1) is 11.3 Å². The van der Waals surface area contributed by atoms with Crippen molar-refractivity contribution in [2.75, 3.05) is 5.32 Å². The molecule has 0 fully saturated rings. The Bertz CT molecular complexity index is 908. The molecule has 1 amide bonds. The van der Waals surface area contributed by atoms with Crippen molar-refractivity contribution in [2.24, 2.45) is 0 Å². The van der Waals surface area contributed by atoms with E-state index in [0.29, 0.717) is 16.8 Å². The second kappa shape index (κ2) is 7.51. The second-order valence-corrected chi connectivity index (χ2v) is 5.51. The lowest BCUT2D eigenvalue weighted by Gasteiger charge is -2.15. The third kappa shape index (κ3) is 5.64. The highest BCUT2D eigenvalue weighted by molar-refractivity contribution is 6.30. The fourth-order valence-electron chi connectivity index (χ4n) is 2.00. The molecule has 27 heavy (non-hydrogen) atoms. The summed E-state index contributed by atoms with van der Waals surface area (Å²) in [6.45, 7) is -0.914. The number of carbonyl (C=O) groups is 1. The molecular formula is C15H9ClF6N2O3. The van der Waals surface area contributed by atoms with Crippen LogP contribution >= 0.6 is 11.6 Å².